The van der Waals surface area contributed by atoms with Crippen LogP contribution in [0.2, 0.25) is 0 Å². The number of carbonyl (C=O) groups excluding carboxylic acids is 2. The van der Waals surface area contributed by atoms with Gasteiger partial charge in [0, 0.05) is 34.6 Å². The van der Waals surface area contributed by atoms with E-state index in [1.807, 2.05) is 60.7 Å². The first kappa shape index (κ1) is 20.6. The number of fused-ring (bicyclic) bond motifs is 2. The van der Waals surface area contributed by atoms with Crippen LogP contribution in [-0.4, -0.2) is 23.5 Å². The summed E-state index contributed by atoms with van der Waals surface area (Å²) in [4.78, 5) is 24.1. The number of urea groups is 2. The lowest BCUT2D eigenvalue weighted by Gasteiger charge is -2.36. The molecule has 8 heteroatoms. The van der Waals surface area contributed by atoms with Gasteiger partial charge in [-0.25, -0.2) is 20.4 Å². The summed E-state index contributed by atoms with van der Waals surface area (Å²) in [5.74, 6) is 0.681. The molecule has 0 unspecified atom stereocenters. The summed E-state index contributed by atoms with van der Waals surface area (Å²) in [5.41, 5.74) is 8.77. The molecule has 160 valence electrons. The van der Waals surface area contributed by atoms with Crippen molar-refractivity contribution in [1.29, 1.82) is 0 Å². The monoisotopic (exact) mass is 418 g/mol. The van der Waals surface area contributed by atoms with Crippen molar-refractivity contribution < 1.29 is 9.59 Å². The Hall–Kier alpha value is -3.68. The lowest BCUT2D eigenvalue weighted by molar-refractivity contribution is 0.251. The van der Waals surface area contributed by atoms with Gasteiger partial charge < -0.3 is 10.6 Å². The van der Waals surface area contributed by atoms with Crippen LogP contribution in [0.25, 0.3) is 0 Å². The number of hydrazone groups is 2. The van der Waals surface area contributed by atoms with Crippen molar-refractivity contribution in [2.45, 2.75) is 32.1 Å². The van der Waals surface area contributed by atoms with Crippen LogP contribution in [0, 0.1) is 11.8 Å². The lowest BCUT2D eigenvalue weighted by atomic mass is 9.70. The van der Waals surface area contributed by atoms with E-state index in [1.165, 1.54) is 0 Å². The average molecular weight is 419 g/mol. The lowest BCUT2D eigenvalue weighted by Crippen LogP contribution is -2.38. The van der Waals surface area contributed by atoms with E-state index < -0.39 is 0 Å². The smallest absolute Gasteiger partial charge is 0.307 e. The molecule has 0 saturated heterocycles. The number of hydrogen-bond acceptors (Lipinski definition) is 4. The van der Waals surface area contributed by atoms with Gasteiger partial charge in [0.1, 0.15) is 0 Å². The van der Waals surface area contributed by atoms with Crippen LogP contribution in [0.4, 0.5) is 21.0 Å². The summed E-state index contributed by atoms with van der Waals surface area (Å²) in [6, 6.07) is 17.9. The van der Waals surface area contributed by atoms with Crippen molar-refractivity contribution in [2.24, 2.45) is 22.0 Å². The zero-order valence-electron chi connectivity index (χ0n) is 17.2. The van der Waals surface area contributed by atoms with E-state index in [-0.39, 0.29) is 12.1 Å². The number of hydrogen-bond donors (Lipinski definition) is 4. The summed E-state index contributed by atoms with van der Waals surface area (Å²) in [6.45, 7) is 0. The van der Waals surface area contributed by atoms with E-state index in [0.717, 1.165) is 54.9 Å². The first-order valence-electron chi connectivity index (χ1n) is 10.5. The number of rotatable bonds is 4. The van der Waals surface area contributed by atoms with Crippen molar-refractivity contribution in [3.63, 3.8) is 0 Å². The zero-order chi connectivity index (χ0) is 21.5. The topological polar surface area (TPSA) is 107 Å². The molecule has 2 aromatic rings. The molecule has 4 N–H and O–H groups in total. The molecule has 0 aromatic heterocycles. The Morgan fingerprint density at radius 1 is 0.677 bits per heavy atom. The predicted octanol–water partition coefficient (Wildman–Crippen LogP) is 4.55. The maximum absolute atomic E-state index is 12.1. The van der Waals surface area contributed by atoms with Gasteiger partial charge in [-0.2, -0.15) is 10.2 Å². The van der Waals surface area contributed by atoms with Gasteiger partial charge in [0.2, 0.25) is 0 Å². The fourth-order valence-corrected chi connectivity index (χ4v) is 4.14. The Labute approximate surface area is 181 Å². The molecule has 2 bridgehead atoms. The highest BCUT2D eigenvalue weighted by Gasteiger charge is 2.34. The summed E-state index contributed by atoms with van der Waals surface area (Å²) in [6.07, 6.45) is 4.41. The molecule has 4 rings (SSSR count). The second kappa shape index (κ2) is 9.88. The predicted molar refractivity (Wildman–Crippen MR) is 122 cm³/mol. The molecule has 2 fully saturated rings. The first-order chi connectivity index (χ1) is 15.2. The molecule has 0 radical (unpaired) electrons. The van der Waals surface area contributed by atoms with Crippen LogP contribution in [0.5, 0.6) is 0 Å². The third kappa shape index (κ3) is 5.69. The minimum Gasteiger partial charge on any atom is -0.307 e. The van der Waals surface area contributed by atoms with Gasteiger partial charge in [0.25, 0.3) is 0 Å². The minimum atomic E-state index is -0.340. The van der Waals surface area contributed by atoms with Crippen LogP contribution in [0.3, 0.4) is 0 Å². The van der Waals surface area contributed by atoms with Crippen molar-refractivity contribution in [1.82, 2.24) is 10.9 Å². The highest BCUT2D eigenvalue weighted by Crippen LogP contribution is 2.37. The number of para-hydroxylation sites is 2. The molecule has 2 aliphatic rings. The third-order valence-corrected chi connectivity index (χ3v) is 5.67. The molecule has 2 saturated carbocycles. The van der Waals surface area contributed by atoms with Gasteiger partial charge in [-0.3, -0.25) is 0 Å². The molecular formula is C23H26N6O2. The maximum atomic E-state index is 12.1. The number of anilines is 2. The summed E-state index contributed by atoms with van der Waals surface area (Å²) in [7, 11) is 0. The van der Waals surface area contributed by atoms with E-state index >= 15 is 0 Å². The molecule has 31 heavy (non-hydrogen) atoms. The molecule has 8 nitrogen and oxygen atoms in total. The Morgan fingerprint density at radius 3 is 1.52 bits per heavy atom. The fraction of sp³-hybridized carbons (Fsp3) is 0.304. The Morgan fingerprint density at radius 2 is 1.10 bits per heavy atom. The highest BCUT2D eigenvalue weighted by molar-refractivity contribution is 5.97. The van der Waals surface area contributed by atoms with Crippen LogP contribution < -0.4 is 21.5 Å². The second-order valence-corrected chi connectivity index (χ2v) is 7.78. The van der Waals surface area contributed by atoms with Crippen molar-refractivity contribution >= 4 is 34.9 Å². The van der Waals surface area contributed by atoms with Crippen LogP contribution in [-0.2, 0) is 0 Å². The molecule has 4 amide bonds. The molecule has 2 aromatic carbocycles. The Bertz CT molecular complexity index is 895. The van der Waals surface area contributed by atoms with Gasteiger partial charge in [-0.15, -0.1) is 0 Å². The summed E-state index contributed by atoms with van der Waals surface area (Å²) in [5, 5.41) is 14.3. The third-order valence-electron chi connectivity index (χ3n) is 5.67. The quantitative estimate of drug-likeness (QED) is 0.547. The zero-order valence-corrected chi connectivity index (χ0v) is 17.2. The van der Waals surface area contributed by atoms with Crippen LogP contribution >= 0.6 is 0 Å². The number of amides is 4. The van der Waals surface area contributed by atoms with E-state index in [1.54, 1.807) is 0 Å². The summed E-state index contributed by atoms with van der Waals surface area (Å²) >= 11 is 0. The van der Waals surface area contributed by atoms with E-state index in [2.05, 4.69) is 31.7 Å². The van der Waals surface area contributed by atoms with Gasteiger partial charge in [0.05, 0.1) is 0 Å². The van der Waals surface area contributed by atoms with E-state index in [4.69, 9.17) is 0 Å². The number of carbonyl (C=O) groups is 2. The molecular weight excluding hydrogens is 392 g/mol. The van der Waals surface area contributed by atoms with Gasteiger partial charge in [-0.1, -0.05) is 36.4 Å². The molecule has 0 spiro atoms. The van der Waals surface area contributed by atoms with Gasteiger partial charge in [-0.05, 0) is 56.4 Å². The summed E-state index contributed by atoms with van der Waals surface area (Å²) < 4.78 is 0. The van der Waals surface area contributed by atoms with E-state index in [9.17, 15) is 9.59 Å². The number of nitrogens with one attached hydrogen (secondary N) is 4. The van der Waals surface area contributed by atoms with Crippen LogP contribution in [0.15, 0.2) is 70.9 Å². The molecule has 0 heterocycles. The minimum absolute atomic E-state index is 0.340. The van der Waals surface area contributed by atoms with E-state index in [0.29, 0.717) is 11.8 Å². The number of benzene rings is 2. The Balaban J connectivity index is 1.26. The average Bonchev–Trinajstić information content (AvgIpc) is 2.79. The molecule has 0 aliphatic heterocycles. The van der Waals surface area contributed by atoms with Gasteiger partial charge in [0.15, 0.2) is 0 Å². The largest absolute Gasteiger partial charge is 0.339 e. The maximum Gasteiger partial charge on any atom is 0.339 e. The normalized spacial score (nSPS) is 22.6. The van der Waals surface area contributed by atoms with Gasteiger partial charge >= 0.3 is 12.1 Å². The second-order valence-electron chi connectivity index (χ2n) is 7.78. The van der Waals surface area contributed by atoms with Crippen LogP contribution in [0.1, 0.15) is 32.1 Å². The SMILES string of the molecule is O=C(N/N=C1/CC[C@@H]2C[C@@H]1CC/C2=N\NC(=O)Nc1ccccc1)Nc1ccccc1. The molecule has 2 atom stereocenters. The Kier molecular flexibility index (Phi) is 6.56. The van der Waals surface area contributed by atoms with Crippen molar-refractivity contribution in [3.8, 4) is 0 Å². The number of nitrogens with zero attached hydrogens (tertiary/aromatic N) is 2. The standard InChI is InChI=1S/C23H26N6O2/c30-22(24-18-7-3-1-4-8-18)28-26-20-13-11-17-15-16(20)12-14-21(17)27-29-23(31)25-19-9-5-2-6-10-19/h1-10,16-17H,11-15H2,(H2,24,28,30)(H2,25,29,31)/b26-20-,27-21+/t16-,17+/m0/s1. The van der Waals surface area contributed by atoms with Crippen molar-refractivity contribution in [3.05, 3.63) is 60.7 Å². The first-order valence-corrected chi connectivity index (χ1v) is 10.5. The highest BCUT2D eigenvalue weighted by atomic mass is 16.2. The fourth-order valence-electron chi connectivity index (χ4n) is 4.14. The van der Waals surface area contributed by atoms with Crippen molar-refractivity contribution in [2.75, 3.05) is 10.6 Å². The molecule has 2 aliphatic carbocycles.